The molecule has 2 heterocycles. The van der Waals surface area contributed by atoms with E-state index in [0.717, 1.165) is 71.6 Å². The second-order valence-corrected chi connectivity index (χ2v) is 14.5. The number of nitrogens with one attached hydrogen (secondary N) is 1. The number of aliphatic hydroxyl groups excluding tert-OH is 1. The van der Waals surface area contributed by atoms with Crippen molar-refractivity contribution < 1.29 is 29.2 Å². The normalized spacial score (nSPS) is 14.6. The highest BCUT2D eigenvalue weighted by Gasteiger charge is 2.21. The van der Waals surface area contributed by atoms with Crippen molar-refractivity contribution >= 4 is 17.6 Å². The number of pyridine rings is 1. The Hall–Kier alpha value is -5.44. The number of halogens is 1. The predicted octanol–water partition coefficient (Wildman–Crippen LogP) is 7.67. The van der Waals surface area contributed by atoms with Gasteiger partial charge in [0.05, 0.1) is 23.3 Å². The summed E-state index contributed by atoms with van der Waals surface area (Å²) in [5, 5.41) is 32.7. The van der Waals surface area contributed by atoms with E-state index in [1.807, 2.05) is 54.6 Å². The van der Waals surface area contributed by atoms with Crippen LogP contribution in [0, 0.1) is 25.2 Å². The van der Waals surface area contributed by atoms with Gasteiger partial charge in [-0.2, -0.15) is 5.26 Å². The summed E-state index contributed by atoms with van der Waals surface area (Å²) in [5.74, 6) is 0.750. The molecule has 1 aliphatic rings. The number of ether oxygens (including phenoxy) is 3. The van der Waals surface area contributed by atoms with E-state index in [-0.39, 0.29) is 25.9 Å². The summed E-state index contributed by atoms with van der Waals surface area (Å²) in [6.07, 6.45) is 4.92. The molecule has 0 radical (unpaired) electrons. The van der Waals surface area contributed by atoms with E-state index in [9.17, 15) is 20.3 Å². The number of aliphatic carboxylic acids is 1. The third-order valence-electron chi connectivity index (χ3n) is 10.1. The molecule has 4 aromatic carbocycles. The van der Waals surface area contributed by atoms with Crippen LogP contribution in [0.1, 0.15) is 51.8 Å². The summed E-state index contributed by atoms with van der Waals surface area (Å²) in [7, 11) is 0. The van der Waals surface area contributed by atoms with Crippen LogP contribution in [0.25, 0.3) is 11.1 Å². The number of hydrogen-bond donors (Lipinski definition) is 3. The molecule has 290 valence electrons. The maximum absolute atomic E-state index is 12.2. The molecule has 6 rings (SSSR count). The summed E-state index contributed by atoms with van der Waals surface area (Å²) < 4.78 is 18.9. The number of β-amino-alcohol motifs (C(OH)–C–C–N with tert-alkyl or cyclic N) is 1. The number of carboxylic acids is 1. The molecule has 5 aromatic rings. The van der Waals surface area contributed by atoms with Gasteiger partial charge in [0, 0.05) is 55.8 Å². The van der Waals surface area contributed by atoms with Gasteiger partial charge in [0.2, 0.25) is 0 Å². The van der Waals surface area contributed by atoms with Crippen molar-refractivity contribution in [2.45, 2.75) is 65.0 Å². The lowest BCUT2D eigenvalue weighted by Gasteiger charge is -2.19. The molecule has 0 spiro atoms. The highest BCUT2D eigenvalue weighted by molar-refractivity contribution is 6.32. The second kappa shape index (κ2) is 19.4. The Labute approximate surface area is 333 Å². The van der Waals surface area contributed by atoms with Crippen LogP contribution in [0.3, 0.4) is 0 Å². The predicted molar refractivity (Wildman–Crippen MR) is 216 cm³/mol. The number of benzene rings is 4. The van der Waals surface area contributed by atoms with E-state index >= 15 is 0 Å². The molecule has 11 heteroatoms. The van der Waals surface area contributed by atoms with Crippen LogP contribution in [0.4, 0.5) is 0 Å². The topological polar surface area (TPSA) is 137 Å². The van der Waals surface area contributed by atoms with Crippen molar-refractivity contribution in [3.05, 3.63) is 141 Å². The van der Waals surface area contributed by atoms with Gasteiger partial charge >= 0.3 is 5.97 Å². The van der Waals surface area contributed by atoms with Crippen molar-refractivity contribution in [3.8, 4) is 34.4 Å². The monoisotopic (exact) mass is 774 g/mol. The van der Waals surface area contributed by atoms with Crippen molar-refractivity contribution in [3.63, 3.8) is 0 Å². The number of carboxylic acid groups (broad SMARTS) is 1. The number of rotatable bonds is 18. The van der Waals surface area contributed by atoms with Crippen molar-refractivity contribution in [2.75, 3.05) is 26.2 Å². The fourth-order valence-electron chi connectivity index (χ4n) is 6.91. The standard InChI is InChI=1S/C45H47ClN4O6/c1-30-35(11-6-12-38(30)39-13-7-14-42(31(39)2)54-18-8-16-50-17-15-37(51)27-50)29-56-44-22-43(55-28-34-19-33(23-47)24-48-25-34)36(21-40(44)46)26-49-41(45(52)53)20-32-9-4-3-5-10-32/h3-7,9-14,19,21-22,24-25,37,41,49,51H,8,15-18,20,26-29H2,1-2H3,(H,52,53)/t37?,41-/m0/s1. The van der Waals surface area contributed by atoms with E-state index < -0.39 is 12.0 Å². The molecule has 1 aliphatic heterocycles. The Bertz CT molecular complexity index is 2160. The van der Waals surface area contributed by atoms with Gasteiger partial charge in [-0.15, -0.1) is 0 Å². The highest BCUT2D eigenvalue weighted by Crippen LogP contribution is 2.36. The number of nitrogens with zero attached hydrogens (tertiary/aromatic N) is 3. The van der Waals surface area contributed by atoms with Crippen LogP contribution in [-0.4, -0.2) is 64.5 Å². The molecule has 0 saturated carbocycles. The Balaban J connectivity index is 1.17. The molecule has 10 nitrogen and oxygen atoms in total. The molecule has 2 atom stereocenters. The molecular weight excluding hydrogens is 728 g/mol. The minimum atomic E-state index is -0.969. The first kappa shape index (κ1) is 40.2. The lowest BCUT2D eigenvalue weighted by molar-refractivity contribution is -0.139. The van der Waals surface area contributed by atoms with Gasteiger partial charge in [-0.1, -0.05) is 72.3 Å². The van der Waals surface area contributed by atoms with E-state index in [2.05, 4.69) is 47.3 Å². The zero-order chi connectivity index (χ0) is 39.4. The number of carbonyl (C=O) groups is 1. The van der Waals surface area contributed by atoms with Crippen molar-refractivity contribution in [1.82, 2.24) is 15.2 Å². The average Bonchev–Trinajstić information content (AvgIpc) is 3.63. The first-order chi connectivity index (χ1) is 27.2. The molecular formula is C45H47ClN4O6. The minimum Gasteiger partial charge on any atom is -0.493 e. The van der Waals surface area contributed by atoms with E-state index in [1.54, 1.807) is 24.4 Å². The molecule has 56 heavy (non-hydrogen) atoms. The number of hydrogen-bond acceptors (Lipinski definition) is 9. The van der Waals surface area contributed by atoms with Gasteiger partial charge in [-0.25, -0.2) is 0 Å². The van der Waals surface area contributed by atoms with Gasteiger partial charge < -0.3 is 29.3 Å². The number of aromatic nitrogens is 1. The molecule has 1 saturated heterocycles. The minimum absolute atomic E-state index is 0.120. The first-order valence-electron chi connectivity index (χ1n) is 18.8. The summed E-state index contributed by atoms with van der Waals surface area (Å²) >= 11 is 6.83. The molecule has 1 unspecified atom stereocenters. The Morgan fingerprint density at radius 2 is 1.68 bits per heavy atom. The highest BCUT2D eigenvalue weighted by atomic mass is 35.5. The van der Waals surface area contributed by atoms with E-state index in [1.165, 1.54) is 6.20 Å². The molecule has 0 aliphatic carbocycles. The zero-order valence-electron chi connectivity index (χ0n) is 31.7. The van der Waals surface area contributed by atoms with Crippen LogP contribution in [-0.2, 0) is 31.0 Å². The average molecular weight is 775 g/mol. The summed E-state index contributed by atoms with van der Waals surface area (Å²) in [6.45, 7) is 7.85. The summed E-state index contributed by atoms with van der Waals surface area (Å²) in [5.41, 5.74) is 7.93. The van der Waals surface area contributed by atoms with Crippen molar-refractivity contribution in [1.29, 1.82) is 5.26 Å². The number of nitriles is 1. The largest absolute Gasteiger partial charge is 0.493 e. The third kappa shape index (κ3) is 10.6. The Morgan fingerprint density at radius 1 is 0.911 bits per heavy atom. The van der Waals surface area contributed by atoms with Gasteiger partial charge in [0.15, 0.2) is 0 Å². The summed E-state index contributed by atoms with van der Waals surface area (Å²) in [4.78, 5) is 18.6. The second-order valence-electron chi connectivity index (χ2n) is 14.1. The lowest BCUT2D eigenvalue weighted by Crippen LogP contribution is -2.38. The van der Waals surface area contributed by atoms with Crippen LogP contribution < -0.4 is 19.5 Å². The van der Waals surface area contributed by atoms with Gasteiger partial charge in [-0.05, 0) is 84.7 Å². The van der Waals surface area contributed by atoms with Gasteiger partial charge in [-0.3, -0.25) is 15.1 Å². The van der Waals surface area contributed by atoms with Crippen LogP contribution >= 0.6 is 11.6 Å². The third-order valence-corrected chi connectivity index (χ3v) is 10.4. The van der Waals surface area contributed by atoms with Gasteiger partial charge in [0.25, 0.3) is 0 Å². The maximum Gasteiger partial charge on any atom is 0.321 e. The number of likely N-dealkylation sites (tertiary alicyclic amines) is 1. The van der Waals surface area contributed by atoms with Crippen LogP contribution in [0.2, 0.25) is 5.02 Å². The molecule has 0 bridgehead atoms. The Kier molecular flexibility index (Phi) is 14.0. The number of aliphatic hydroxyl groups is 1. The van der Waals surface area contributed by atoms with Crippen LogP contribution in [0.5, 0.6) is 17.2 Å². The van der Waals surface area contributed by atoms with E-state index in [0.29, 0.717) is 46.2 Å². The quantitative estimate of drug-likeness (QED) is 0.0761. The van der Waals surface area contributed by atoms with Gasteiger partial charge in [0.1, 0.15) is 42.6 Å². The summed E-state index contributed by atoms with van der Waals surface area (Å²) in [6, 6.07) is 28.1. The fourth-order valence-corrected chi connectivity index (χ4v) is 7.15. The van der Waals surface area contributed by atoms with Crippen molar-refractivity contribution in [2.24, 2.45) is 0 Å². The Morgan fingerprint density at radius 3 is 2.43 bits per heavy atom. The fraction of sp³-hybridized carbons (Fsp3) is 0.311. The van der Waals surface area contributed by atoms with Crippen LogP contribution in [0.15, 0.2) is 97.3 Å². The maximum atomic E-state index is 12.2. The molecule has 0 amide bonds. The lowest BCUT2D eigenvalue weighted by atomic mass is 9.93. The molecule has 1 fully saturated rings. The SMILES string of the molecule is Cc1c(COc2cc(OCc3cncc(C#N)c3)c(CN[C@@H](Cc3ccccc3)C(=O)O)cc2Cl)cccc1-c1cccc(OCCCN2CCC(O)C2)c1C. The zero-order valence-corrected chi connectivity index (χ0v) is 32.5. The smallest absolute Gasteiger partial charge is 0.321 e. The van der Waals surface area contributed by atoms with E-state index in [4.69, 9.17) is 25.8 Å². The first-order valence-corrected chi connectivity index (χ1v) is 19.2. The molecule has 3 N–H and O–H groups in total. The molecule has 1 aromatic heterocycles.